The second kappa shape index (κ2) is 4.53. The minimum atomic E-state index is 0.658. The van der Waals surface area contributed by atoms with E-state index in [9.17, 15) is 0 Å². The van der Waals surface area contributed by atoms with E-state index >= 15 is 0 Å². The van der Waals surface area contributed by atoms with Gasteiger partial charge < -0.3 is 0 Å². The molecule has 0 aliphatic heterocycles. The SMILES string of the molecule is CC(C)Cc1ccc(N=[N+]=[N-])cc1. The molecule has 1 aromatic rings. The summed E-state index contributed by atoms with van der Waals surface area (Å²) >= 11 is 0. The van der Waals surface area contributed by atoms with Crippen molar-refractivity contribution in [2.24, 2.45) is 11.0 Å². The molecule has 0 N–H and O–H groups in total. The topological polar surface area (TPSA) is 48.8 Å². The summed E-state index contributed by atoms with van der Waals surface area (Å²) < 4.78 is 0. The van der Waals surface area contributed by atoms with Crippen LogP contribution in [0.4, 0.5) is 5.69 Å². The zero-order valence-electron chi connectivity index (χ0n) is 7.94. The highest BCUT2D eigenvalue weighted by molar-refractivity contribution is 5.38. The van der Waals surface area contributed by atoms with Crippen molar-refractivity contribution in [1.82, 2.24) is 0 Å². The highest BCUT2D eigenvalue weighted by Gasteiger charge is 1.96. The van der Waals surface area contributed by atoms with E-state index in [2.05, 4.69) is 23.9 Å². The fourth-order valence-electron chi connectivity index (χ4n) is 1.22. The maximum Gasteiger partial charge on any atom is 0.0375 e. The monoisotopic (exact) mass is 175 g/mol. The number of nitrogens with zero attached hydrogens (tertiary/aromatic N) is 3. The van der Waals surface area contributed by atoms with Crippen LogP contribution in [-0.2, 0) is 6.42 Å². The van der Waals surface area contributed by atoms with E-state index in [0.717, 1.165) is 6.42 Å². The van der Waals surface area contributed by atoms with Crippen molar-refractivity contribution in [2.75, 3.05) is 0 Å². The van der Waals surface area contributed by atoms with Gasteiger partial charge in [0.25, 0.3) is 0 Å². The van der Waals surface area contributed by atoms with Crippen molar-refractivity contribution < 1.29 is 0 Å². The van der Waals surface area contributed by atoms with Gasteiger partial charge in [-0.15, -0.1) is 0 Å². The van der Waals surface area contributed by atoms with Crippen LogP contribution in [0.3, 0.4) is 0 Å². The lowest BCUT2D eigenvalue weighted by atomic mass is 10.0. The first-order chi connectivity index (χ1) is 6.22. The van der Waals surface area contributed by atoms with Crippen LogP contribution >= 0.6 is 0 Å². The normalized spacial score (nSPS) is 9.77. The Morgan fingerprint density at radius 2 is 1.92 bits per heavy atom. The molecule has 0 aliphatic rings. The van der Waals surface area contributed by atoms with Gasteiger partial charge in [-0.05, 0) is 23.4 Å². The van der Waals surface area contributed by atoms with Gasteiger partial charge in [0.15, 0.2) is 0 Å². The molecule has 68 valence electrons. The summed E-state index contributed by atoms with van der Waals surface area (Å²) in [7, 11) is 0. The Kier molecular flexibility index (Phi) is 3.35. The van der Waals surface area contributed by atoms with Gasteiger partial charge >= 0.3 is 0 Å². The predicted octanol–water partition coefficient (Wildman–Crippen LogP) is 3.83. The molecule has 0 saturated heterocycles. The van der Waals surface area contributed by atoms with Crippen LogP contribution < -0.4 is 0 Å². The number of azide groups is 1. The molecule has 0 spiro atoms. The van der Waals surface area contributed by atoms with Crippen molar-refractivity contribution in [3.8, 4) is 0 Å². The fraction of sp³-hybridized carbons (Fsp3) is 0.400. The van der Waals surface area contributed by atoms with Gasteiger partial charge in [0.1, 0.15) is 0 Å². The maximum atomic E-state index is 8.19. The van der Waals surface area contributed by atoms with Gasteiger partial charge in [0.2, 0.25) is 0 Å². The molecule has 0 aromatic heterocycles. The second-order valence-electron chi connectivity index (χ2n) is 3.45. The van der Waals surface area contributed by atoms with Gasteiger partial charge in [-0.25, -0.2) is 0 Å². The fourth-order valence-corrected chi connectivity index (χ4v) is 1.22. The molecule has 0 saturated carbocycles. The molecule has 0 radical (unpaired) electrons. The first-order valence-corrected chi connectivity index (χ1v) is 4.36. The van der Waals surface area contributed by atoms with Crippen LogP contribution in [0.5, 0.6) is 0 Å². The van der Waals surface area contributed by atoms with E-state index in [0.29, 0.717) is 11.6 Å². The van der Waals surface area contributed by atoms with Crippen LogP contribution in [0, 0.1) is 5.92 Å². The highest BCUT2D eigenvalue weighted by Crippen LogP contribution is 2.15. The van der Waals surface area contributed by atoms with Gasteiger partial charge in [0, 0.05) is 10.6 Å². The first-order valence-electron chi connectivity index (χ1n) is 4.36. The number of hydrogen-bond acceptors (Lipinski definition) is 1. The van der Waals surface area contributed by atoms with Crippen LogP contribution in [0.2, 0.25) is 0 Å². The van der Waals surface area contributed by atoms with Crippen molar-refractivity contribution in [2.45, 2.75) is 20.3 Å². The smallest absolute Gasteiger partial charge is 0.0375 e. The second-order valence-corrected chi connectivity index (χ2v) is 3.45. The molecular weight excluding hydrogens is 162 g/mol. The molecule has 0 unspecified atom stereocenters. The third-order valence-electron chi connectivity index (χ3n) is 1.74. The summed E-state index contributed by atoms with van der Waals surface area (Å²) in [5, 5.41) is 3.51. The third kappa shape index (κ3) is 3.18. The Balaban J connectivity index is 2.75. The summed E-state index contributed by atoms with van der Waals surface area (Å²) in [5.74, 6) is 0.658. The van der Waals surface area contributed by atoms with Gasteiger partial charge in [0.05, 0.1) is 0 Å². The van der Waals surface area contributed by atoms with E-state index in [1.54, 1.807) is 0 Å². The Bertz CT molecular complexity index is 307. The molecule has 1 rings (SSSR count). The standard InChI is InChI=1S/C10H13N3/c1-8(2)7-9-3-5-10(6-4-9)12-13-11/h3-6,8H,7H2,1-2H3. The van der Waals surface area contributed by atoms with Crippen LogP contribution in [-0.4, -0.2) is 0 Å². The molecule has 0 heterocycles. The summed E-state index contributed by atoms with van der Waals surface area (Å²) in [6, 6.07) is 7.70. The van der Waals surface area contributed by atoms with E-state index in [1.807, 2.05) is 24.3 Å². The minimum absolute atomic E-state index is 0.658. The van der Waals surface area contributed by atoms with E-state index < -0.39 is 0 Å². The lowest BCUT2D eigenvalue weighted by Gasteiger charge is -2.03. The van der Waals surface area contributed by atoms with Gasteiger partial charge in [-0.2, -0.15) is 0 Å². The Hall–Kier alpha value is -1.47. The first kappa shape index (κ1) is 9.62. The summed E-state index contributed by atoms with van der Waals surface area (Å²) in [5.41, 5.74) is 10.2. The lowest BCUT2D eigenvalue weighted by Crippen LogP contribution is -1.92. The molecule has 13 heavy (non-hydrogen) atoms. The van der Waals surface area contributed by atoms with Crippen LogP contribution in [0.1, 0.15) is 19.4 Å². The van der Waals surface area contributed by atoms with Crippen molar-refractivity contribution in [3.05, 3.63) is 40.3 Å². The zero-order valence-corrected chi connectivity index (χ0v) is 7.94. The molecule has 0 bridgehead atoms. The van der Waals surface area contributed by atoms with Crippen molar-refractivity contribution in [3.63, 3.8) is 0 Å². The van der Waals surface area contributed by atoms with E-state index in [-0.39, 0.29) is 0 Å². The van der Waals surface area contributed by atoms with Gasteiger partial charge in [-0.1, -0.05) is 43.2 Å². The van der Waals surface area contributed by atoms with E-state index in [1.165, 1.54) is 5.56 Å². The Labute approximate surface area is 78.0 Å². The zero-order chi connectivity index (χ0) is 9.68. The predicted molar refractivity (Wildman–Crippen MR) is 53.8 cm³/mol. The number of rotatable bonds is 3. The maximum absolute atomic E-state index is 8.19. The molecule has 0 atom stereocenters. The average molecular weight is 175 g/mol. The Morgan fingerprint density at radius 1 is 1.31 bits per heavy atom. The lowest BCUT2D eigenvalue weighted by molar-refractivity contribution is 0.647. The molecule has 3 heteroatoms. The van der Waals surface area contributed by atoms with Crippen LogP contribution in [0.15, 0.2) is 29.4 Å². The van der Waals surface area contributed by atoms with Crippen molar-refractivity contribution >= 4 is 5.69 Å². The average Bonchev–Trinajstić information content (AvgIpc) is 2.08. The van der Waals surface area contributed by atoms with Gasteiger partial charge in [-0.3, -0.25) is 0 Å². The van der Waals surface area contributed by atoms with Crippen LogP contribution in [0.25, 0.3) is 10.4 Å². The molecular formula is C10H13N3. The van der Waals surface area contributed by atoms with E-state index in [4.69, 9.17) is 5.53 Å². The molecule has 0 aliphatic carbocycles. The largest absolute Gasteiger partial charge is 0.0625 e. The summed E-state index contributed by atoms with van der Waals surface area (Å²) in [4.78, 5) is 2.72. The highest BCUT2D eigenvalue weighted by atomic mass is 15.1. The van der Waals surface area contributed by atoms with Crippen molar-refractivity contribution in [1.29, 1.82) is 0 Å². The molecule has 3 nitrogen and oxygen atoms in total. The summed E-state index contributed by atoms with van der Waals surface area (Å²) in [6.45, 7) is 4.36. The number of hydrogen-bond donors (Lipinski definition) is 0. The third-order valence-corrected chi connectivity index (χ3v) is 1.74. The summed E-state index contributed by atoms with van der Waals surface area (Å²) in [6.07, 6.45) is 1.07. The Morgan fingerprint density at radius 3 is 2.38 bits per heavy atom. The molecule has 0 amide bonds. The quantitative estimate of drug-likeness (QED) is 0.381. The number of benzene rings is 1. The molecule has 1 aromatic carbocycles. The minimum Gasteiger partial charge on any atom is -0.0625 e. The molecule has 0 fully saturated rings.